The Bertz CT molecular complexity index is 655. The van der Waals surface area contributed by atoms with Crippen molar-refractivity contribution in [3.63, 3.8) is 0 Å². The smallest absolute Gasteiger partial charge is 0.272 e. The molecule has 2 amide bonds. The van der Waals surface area contributed by atoms with Gasteiger partial charge in [-0.2, -0.15) is 0 Å². The van der Waals surface area contributed by atoms with Crippen molar-refractivity contribution in [2.45, 2.75) is 45.4 Å². The maximum Gasteiger partial charge on any atom is 0.272 e. The summed E-state index contributed by atoms with van der Waals surface area (Å²) >= 11 is 0. The van der Waals surface area contributed by atoms with Gasteiger partial charge in [-0.3, -0.25) is 9.59 Å². The molecule has 25 heavy (non-hydrogen) atoms. The van der Waals surface area contributed by atoms with E-state index >= 15 is 0 Å². The van der Waals surface area contributed by atoms with Gasteiger partial charge in [0, 0.05) is 38.8 Å². The Hall–Kier alpha value is -1.98. The summed E-state index contributed by atoms with van der Waals surface area (Å²) in [4.78, 5) is 37.1. The van der Waals surface area contributed by atoms with E-state index in [0.29, 0.717) is 23.3 Å². The maximum absolute atomic E-state index is 12.5. The summed E-state index contributed by atoms with van der Waals surface area (Å²) in [5, 5.41) is 0. The number of nitrogens with zero attached hydrogens (tertiary/aromatic N) is 4. The molecule has 1 aromatic rings. The van der Waals surface area contributed by atoms with E-state index < -0.39 is 0 Å². The van der Waals surface area contributed by atoms with E-state index in [9.17, 15) is 9.59 Å². The summed E-state index contributed by atoms with van der Waals surface area (Å²) < 4.78 is 0. The van der Waals surface area contributed by atoms with Crippen molar-refractivity contribution >= 4 is 11.8 Å². The lowest BCUT2D eigenvalue weighted by Gasteiger charge is -2.37. The number of amides is 2. The minimum absolute atomic E-state index is 0.0998. The van der Waals surface area contributed by atoms with E-state index in [1.54, 1.807) is 14.1 Å². The molecule has 6 nitrogen and oxygen atoms in total. The minimum Gasteiger partial charge on any atom is -0.343 e. The van der Waals surface area contributed by atoms with E-state index in [4.69, 9.17) is 0 Å². The lowest BCUT2D eigenvalue weighted by Crippen LogP contribution is -2.45. The Kier molecular flexibility index (Phi) is 5.35. The third kappa shape index (κ3) is 4.17. The van der Waals surface area contributed by atoms with Crippen LogP contribution in [0.15, 0.2) is 6.07 Å². The van der Waals surface area contributed by atoms with Crippen LogP contribution in [0.5, 0.6) is 0 Å². The molecule has 0 N–H and O–H groups in total. The van der Waals surface area contributed by atoms with Gasteiger partial charge in [0.05, 0.1) is 0 Å². The van der Waals surface area contributed by atoms with Crippen LogP contribution < -0.4 is 0 Å². The largest absolute Gasteiger partial charge is 0.343 e. The number of hydrogen-bond donors (Lipinski definition) is 0. The van der Waals surface area contributed by atoms with Gasteiger partial charge in [-0.15, -0.1) is 0 Å². The Morgan fingerprint density at radius 3 is 2.60 bits per heavy atom. The summed E-state index contributed by atoms with van der Waals surface area (Å²) in [5.74, 6) is 1.55. The molecule has 1 saturated heterocycles. The fraction of sp³-hybridized carbons (Fsp3) is 0.684. The van der Waals surface area contributed by atoms with E-state index in [0.717, 1.165) is 50.9 Å². The van der Waals surface area contributed by atoms with Gasteiger partial charge in [0.15, 0.2) is 0 Å². The first kappa shape index (κ1) is 17.8. The molecule has 3 rings (SSSR count). The third-order valence-electron chi connectivity index (χ3n) is 5.30. The van der Waals surface area contributed by atoms with Crippen LogP contribution in [0.25, 0.3) is 0 Å². The van der Waals surface area contributed by atoms with Crippen molar-refractivity contribution in [3.8, 4) is 0 Å². The van der Waals surface area contributed by atoms with E-state index in [1.165, 1.54) is 11.3 Å². The first-order valence-electron chi connectivity index (χ1n) is 9.29. The highest BCUT2D eigenvalue weighted by Gasteiger charge is 2.32. The summed E-state index contributed by atoms with van der Waals surface area (Å²) in [7, 11) is 3.45. The first-order chi connectivity index (χ1) is 11.9. The summed E-state index contributed by atoms with van der Waals surface area (Å²) in [6.07, 6.45) is 6.26. The summed E-state index contributed by atoms with van der Waals surface area (Å²) in [6.45, 7) is 3.53. The molecule has 0 radical (unpaired) electrons. The highest BCUT2D eigenvalue weighted by molar-refractivity contribution is 5.92. The molecular weight excluding hydrogens is 316 g/mol. The number of rotatable bonds is 4. The van der Waals surface area contributed by atoms with Crippen molar-refractivity contribution in [3.05, 3.63) is 23.3 Å². The molecule has 0 unspecified atom stereocenters. The molecule has 6 heteroatoms. The van der Waals surface area contributed by atoms with Gasteiger partial charge in [0.1, 0.15) is 11.5 Å². The predicted octanol–water partition coefficient (Wildman–Crippen LogP) is 2.07. The third-order valence-corrected chi connectivity index (χ3v) is 5.30. The van der Waals surface area contributed by atoms with E-state index in [1.807, 2.05) is 13.0 Å². The van der Waals surface area contributed by atoms with Gasteiger partial charge >= 0.3 is 0 Å². The predicted molar refractivity (Wildman–Crippen MR) is 95.1 cm³/mol. The van der Waals surface area contributed by atoms with Crippen LogP contribution in [-0.4, -0.2) is 58.8 Å². The monoisotopic (exact) mass is 344 g/mol. The number of carbonyl (C=O) groups excluding carboxylic acids is 2. The Labute approximate surface area is 149 Å². The van der Waals surface area contributed by atoms with Crippen LogP contribution in [0.3, 0.4) is 0 Å². The van der Waals surface area contributed by atoms with Gasteiger partial charge < -0.3 is 9.80 Å². The minimum atomic E-state index is -0.0998. The normalized spacial score (nSPS) is 20.9. The second-order valence-electron chi connectivity index (χ2n) is 7.62. The molecule has 2 heterocycles. The van der Waals surface area contributed by atoms with Gasteiger partial charge in [0.2, 0.25) is 5.91 Å². The lowest BCUT2D eigenvalue weighted by atomic mass is 9.83. The highest BCUT2D eigenvalue weighted by atomic mass is 16.2. The van der Waals surface area contributed by atoms with Crippen molar-refractivity contribution in [1.29, 1.82) is 0 Å². The summed E-state index contributed by atoms with van der Waals surface area (Å²) in [5.41, 5.74) is 1.35. The number of likely N-dealkylation sites (tertiary alicyclic amines) is 1. The molecule has 2 aliphatic rings. The number of aromatic nitrogens is 2. The first-order valence-corrected chi connectivity index (χ1v) is 9.29. The van der Waals surface area contributed by atoms with Crippen LogP contribution in [0, 0.1) is 18.8 Å². The average molecular weight is 344 g/mol. The molecule has 0 bridgehead atoms. The van der Waals surface area contributed by atoms with Crippen molar-refractivity contribution in [1.82, 2.24) is 19.8 Å². The maximum atomic E-state index is 12.5. The zero-order chi connectivity index (χ0) is 18.0. The van der Waals surface area contributed by atoms with Crippen molar-refractivity contribution < 1.29 is 9.59 Å². The molecule has 1 saturated carbocycles. The number of aryl methyl sites for hydroxylation is 1. The van der Waals surface area contributed by atoms with Crippen molar-refractivity contribution in [2.24, 2.45) is 11.8 Å². The van der Waals surface area contributed by atoms with Crippen LogP contribution >= 0.6 is 0 Å². The quantitative estimate of drug-likeness (QED) is 0.839. The Balaban J connectivity index is 1.67. The van der Waals surface area contributed by atoms with Crippen LogP contribution in [0.1, 0.15) is 54.1 Å². The van der Waals surface area contributed by atoms with Crippen molar-refractivity contribution in [2.75, 3.05) is 27.2 Å². The molecule has 1 atom stereocenters. The second-order valence-corrected chi connectivity index (χ2v) is 7.62. The number of piperidine rings is 1. The SMILES string of the molecule is Cc1nc(C[C@@H]2CCCN(C(=O)C3CCC3)C2)cc(C(=O)N(C)C)n1. The molecule has 0 aromatic carbocycles. The molecule has 136 valence electrons. The molecule has 1 aliphatic carbocycles. The van der Waals surface area contributed by atoms with E-state index in [-0.39, 0.29) is 11.8 Å². The average Bonchev–Trinajstić information content (AvgIpc) is 2.52. The Morgan fingerprint density at radius 2 is 1.96 bits per heavy atom. The highest BCUT2D eigenvalue weighted by Crippen LogP contribution is 2.30. The van der Waals surface area contributed by atoms with E-state index in [2.05, 4.69) is 14.9 Å². The summed E-state index contributed by atoms with van der Waals surface area (Å²) in [6, 6.07) is 1.81. The number of carbonyl (C=O) groups is 2. The van der Waals surface area contributed by atoms with Gasteiger partial charge in [0.25, 0.3) is 5.91 Å². The number of hydrogen-bond acceptors (Lipinski definition) is 4. The van der Waals surface area contributed by atoms with Crippen LogP contribution in [0.2, 0.25) is 0 Å². The molecular formula is C19H28N4O2. The van der Waals surface area contributed by atoms with Crippen LogP contribution in [0.4, 0.5) is 0 Å². The topological polar surface area (TPSA) is 66.4 Å². The second kappa shape index (κ2) is 7.50. The fourth-order valence-corrected chi connectivity index (χ4v) is 3.71. The zero-order valence-corrected chi connectivity index (χ0v) is 15.5. The van der Waals surface area contributed by atoms with Gasteiger partial charge in [-0.1, -0.05) is 6.42 Å². The fourth-order valence-electron chi connectivity index (χ4n) is 3.71. The standard InChI is InChI=1S/C19H28N4O2/c1-13-20-16(11-17(21-13)19(25)22(2)3)10-14-6-5-9-23(12-14)18(24)15-7-4-8-15/h11,14-15H,4-10,12H2,1-3H3/t14-/m0/s1. The zero-order valence-electron chi connectivity index (χ0n) is 15.5. The van der Waals surface area contributed by atoms with Gasteiger partial charge in [-0.25, -0.2) is 9.97 Å². The molecule has 0 spiro atoms. The molecule has 1 aliphatic heterocycles. The molecule has 1 aromatic heterocycles. The molecule has 2 fully saturated rings. The van der Waals surface area contributed by atoms with Gasteiger partial charge in [-0.05, 0) is 51.0 Å². The van der Waals surface area contributed by atoms with Crippen LogP contribution in [-0.2, 0) is 11.2 Å². The lowest BCUT2D eigenvalue weighted by molar-refractivity contribution is -0.140. The Morgan fingerprint density at radius 1 is 1.20 bits per heavy atom.